The van der Waals surface area contributed by atoms with Gasteiger partial charge >= 0.3 is 0 Å². The van der Waals surface area contributed by atoms with Gasteiger partial charge in [0.25, 0.3) is 0 Å². The Hall–Kier alpha value is -0.260. The normalized spacial score (nSPS) is 17.2. The van der Waals surface area contributed by atoms with Gasteiger partial charge in [0.05, 0.1) is 13.2 Å². The largest absolute Gasteiger partial charge is 0.383 e. The summed E-state index contributed by atoms with van der Waals surface area (Å²) in [5.41, 5.74) is 0. The van der Waals surface area contributed by atoms with Crippen molar-refractivity contribution in [3.05, 3.63) is 0 Å². The third-order valence-corrected chi connectivity index (χ3v) is 4.80. The van der Waals surface area contributed by atoms with E-state index < -0.39 is 0 Å². The van der Waals surface area contributed by atoms with Crippen molar-refractivity contribution in [2.75, 3.05) is 72.8 Å². The molecule has 1 heterocycles. The molecule has 0 saturated carbocycles. The molecule has 142 valence electrons. The highest BCUT2D eigenvalue weighted by Gasteiger charge is 2.21. The van der Waals surface area contributed by atoms with E-state index in [2.05, 4.69) is 38.6 Å². The van der Waals surface area contributed by atoms with Crippen molar-refractivity contribution in [1.29, 1.82) is 0 Å². The maximum absolute atomic E-state index is 11.8. The molecule has 0 bridgehead atoms. The molecule has 7 nitrogen and oxygen atoms in total. The number of ether oxygens (including phenoxy) is 1. The number of rotatable bonds is 8. The number of thioether (sulfide) groups is 1. The van der Waals surface area contributed by atoms with Gasteiger partial charge in [0.1, 0.15) is 0 Å². The Morgan fingerprint density at radius 3 is 2.50 bits per heavy atom. The van der Waals surface area contributed by atoms with Crippen LogP contribution in [-0.2, 0) is 9.53 Å². The van der Waals surface area contributed by atoms with E-state index in [0.29, 0.717) is 24.9 Å². The van der Waals surface area contributed by atoms with Crippen LogP contribution in [0.4, 0.5) is 0 Å². The monoisotopic (exact) mass is 473 g/mol. The van der Waals surface area contributed by atoms with E-state index >= 15 is 0 Å². The molecule has 0 aromatic heterocycles. The van der Waals surface area contributed by atoms with Gasteiger partial charge in [0, 0.05) is 58.7 Å². The van der Waals surface area contributed by atoms with E-state index in [9.17, 15) is 4.79 Å². The van der Waals surface area contributed by atoms with Gasteiger partial charge in [-0.05, 0) is 6.26 Å². The van der Waals surface area contributed by atoms with E-state index in [1.54, 1.807) is 7.11 Å². The highest BCUT2D eigenvalue weighted by Crippen LogP contribution is 2.05. The molecule has 1 rings (SSSR count). The lowest BCUT2D eigenvalue weighted by Gasteiger charge is -2.36. The van der Waals surface area contributed by atoms with E-state index in [-0.39, 0.29) is 29.9 Å². The van der Waals surface area contributed by atoms with Crippen LogP contribution < -0.4 is 10.6 Å². The lowest BCUT2D eigenvalue weighted by atomic mass is 10.3. The quantitative estimate of drug-likeness (QED) is 0.229. The number of amides is 1. The molecule has 1 saturated heterocycles. The number of carbonyl (C=O) groups is 1. The SMILES string of the molecule is CN=C(NCC(C)SC)N1CCN(CC(=O)NCCOC)CC1.I. The average molecular weight is 473 g/mol. The molecule has 0 radical (unpaired) electrons. The Kier molecular flexibility index (Phi) is 13.8. The molecule has 1 unspecified atom stereocenters. The summed E-state index contributed by atoms with van der Waals surface area (Å²) >= 11 is 1.84. The van der Waals surface area contributed by atoms with Gasteiger partial charge < -0.3 is 20.3 Å². The summed E-state index contributed by atoms with van der Waals surface area (Å²) in [6.45, 7) is 8.20. The van der Waals surface area contributed by atoms with Crippen LogP contribution in [0.3, 0.4) is 0 Å². The van der Waals surface area contributed by atoms with Gasteiger partial charge in [-0.2, -0.15) is 11.8 Å². The number of guanidine groups is 1. The maximum atomic E-state index is 11.8. The third-order valence-electron chi connectivity index (χ3n) is 3.83. The van der Waals surface area contributed by atoms with E-state index in [0.717, 1.165) is 38.7 Å². The molecule has 2 N–H and O–H groups in total. The highest BCUT2D eigenvalue weighted by atomic mass is 127. The molecule has 24 heavy (non-hydrogen) atoms. The average Bonchev–Trinajstić information content (AvgIpc) is 2.56. The van der Waals surface area contributed by atoms with Crippen molar-refractivity contribution in [3.63, 3.8) is 0 Å². The highest BCUT2D eigenvalue weighted by molar-refractivity contribution is 14.0. The number of aliphatic imine (C=N–C) groups is 1. The molecular weight excluding hydrogens is 441 g/mol. The molecule has 1 aliphatic heterocycles. The Morgan fingerprint density at radius 1 is 1.29 bits per heavy atom. The van der Waals surface area contributed by atoms with Crippen LogP contribution in [0.2, 0.25) is 0 Å². The number of hydrogen-bond acceptors (Lipinski definition) is 5. The lowest BCUT2D eigenvalue weighted by Crippen LogP contribution is -2.54. The molecule has 9 heteroatoms. The standard InChI is InChI=1S/C15H31N5O2S.HI/c1-13(23-4)11-18-15(16-2)20-8-6-19(7-9-20)12-14(21)17-5-10-22-3;/h13H,5-12H2,1-4H3,(H,16,18)(H,17,21);1H. The molecule has 0 spiro atoms. The fourth-order valence-electron chi connectivity index (χ4n) is 2.32. The second-order valence-corrected chi connectivity index (χ2v) is 6.86. The Balaban J connectivity index is 0.00000529. The van der Waals surface area contributed by atoms with Crippen LogP contribution in [0.1, 0.15) is 6.92 Å². The Morgan fingerprint density at radius 2 is 1.96 bits per heavy atom. The second kappa shape index (κ2) is 14.0. The summed E-state index contributed by atoms with van der Waals surface area (Å²) in [4.78, 5) is 20.6. The predicted molar refractivity (Wildman–Crippen MR) is 113 cm³/mol. The second-order valence-electron chi connectivity index (χ2n) is 5.58. The molecule has 0 aliphatic carbocycles. The van der Waals surface area contributed by atoms with Crippen molar-refractivity contribution in [2.24, 2.45) is 4.99 Å². The van der Waals surface area contributed by atoms with Crippen LogP contribution in [-0.4, -0.2) is 99.7 Å². The van der Waals surface area contributed by atoms with E-state index in [1.807, 2.05) is 18.8 Å². The zero-order valence-corrected chi connectivity index (χ0v) is 18.4. The number of hydrogen-bond donors (Lipinski definition) is 2. The van der Waals surface area contributed by atoms with Crippen LogP contribution in [0.5, 0.6) is 0 Å². The van der Waals surface area contributed by atoms with Gasteiger partial charge in [-0.15, -0.1) is 24.0 Å². The Bertz CT molecular complexity index is 379. The third kappa shape index (κ3) is 9.28. The molecule has 1 atom stereocenters. The summed E-state index contributed by atoms with van der Waals surface area (Å²) < 4.78 is 4.93. The molecule has 0 aromatic carbocycles. The molecule has 1 aliphatic rings. The summed E-state index contributed by atoms with van der Waals surface area (Å²) in [5, 5.41) is 6.84. The number of methoxy groups -OCH3 is 1. The fourth-order valence-corrected chi connectivity index (χ4v) is 2.57. The van der Waals surface area contributed by atoms with Crippen LogP contribution in [0, 0.1) is 0 Å². The zero-order valence-electron chi connectivity index (χ0n) is 15.2. The number of piperazine rings is 1. The van der Waals surface area contributed by atoms with Crippen molar-refractivity contribution in [3.8, 4) is 0 Å². The topological polar surface area (TPSA) is 69.2 Å². The zero-order chi connectivity index (χ0) is 17.1. The first-order valence-corrected chi connectivity index (χ1v) is 9.35. The molecule has 0 aromatic rings. The number of halogens is 1. The lowest BCUT2D eigenvalue weighted by molar-refractivity contribution is -0.122. The number of nitrogens with zero attached hydrogens (tertiary/aromatic N) is 3. The minimum absolute atomic E-state index is 0. The first-order valence-electron chi connectivity index (χ1n) is 8.07. The van der Waals surface area contributed by atoms with E-state index in [4.69, 9.17) is 4.74 Å². The van der Waals surface area contributed by atoms with Crippen LogP contribution in [0.15, 0.2) is 4.99 Å². The van der Waals surface area contributed by atoms with Crippen molar-refractivity contribution in [2.45, 2.75) is 12.2 Å². The number of carbonyl (C=O) groups excluding carboxylic acids is 1. The van der Waals surface area contributed by atoms with E-state index in [1.165, 1.54) is 0 Å². The van der Waals surface area contributed by atoms with Gasteiger partial charge in [0.2, 0.25) is 5.91 Å². The van der Waals surface area contributed by atoms with Gasteiger partial charge in [0.15, 0.2) is 5.96 Å². The first kappa shape index (κ1) is 23.7. The van der Waals surface area contributed by atoms with Crippen LogP contribution in [0.25, 0.3) is 0 Å². The summed E-state index contributed by atoms with van der Waals surface area (Å²) in [6.07, 6.45) is 2.12. The van der Waals surface area contributed by atoms with Gasteiger partial charge in [-0.3, -0.25) is 14.7 Å². The summed E-state index contributed by atoms with van der Waals surface area (Å²) in [6, 6.07) is 0. The molecule has 1 amide bonds. The summed E-state index contributed by atoms with van der Waals surface area (Å²) in [5.74, 6) is 1.02. The summed E-state index contributed by atoms with van der Waals surface area (Å²) in [7, 11) is 3.45. The smallest absolute Gasteiger partial charge is 0.234 e. The predicted octanol–water partition coefficient (Wildman–Crippen LogP) is 0.312. The minimum Gasteiger partial charge on any atom is -0.383 e. The fraction of sp³-hybridized carbons (Fsp3) is 0.867. The van der Waals surface area contributed by atoms with Crippen LogP contribution >= 0.6 is 35.7 Å². The number of nitrogens with one attached hydrogen (secondary N) is 2. The molecule has 1 fully saturated rings. The van der Waals surface area contributed by atoms with Crippen molar-refractivity contribution in [1.82, 2.24) is 20.4 Å². The van der Waals surface area contributed by atoms with Gasteiger partial charge in [-0.25, -0.2) is 0 Å². The maximum Gasteiger partial charge on any atom is 0.234 e. The first-order chi connectivity index (χ1) is 11.1. The van der Waals surface area contributed by atoms with Crippen molar-refractivity contribution >= 4 is 47.6 Å². The molecular formula is C15H32IN5O2S. The van der Waals surface area contributed by atoms with Crippen molar-refractivity contribution < 1.29 is 9.53 Å². The van der Waals surface area contributed by atoms with Gasteiger partial charge in [-0.1, -0.05) is 6.92 Å². The Labute approximate surface area is 167 Å². The minimum atomic E-state index is 0.